The Labute approximate surface area is 102 Å². The van der Waals surface area contributed by atoms with Crippen LogP contribution in [0.1, 0.15) is 5.56 Å². The van der Waals surface area contributed by atoms with E-state index in [1.54, 1.807) is 14.2 Å². The summed E-state index contributed by atoms with van der Waals surface area (Å²) in [7, 11) is 3.20. The highest BCUT2D eigenvalue weighted by Gasteiger charge is 2.03. The van der Waals surface area contributed by atoms with Crippen LogP contribution in [0.4, 0.5) is 0 Å². The van der Waals surface area contributed by atoms with Crippen LogP contribution in [0.15, 0.2) is 18.2 Å². The molecule has 4 nitrogen and oxygen atoms in total. The molecule has 1 rings (SSSR count). The van der Waals surface area contributed by atoms with Gasteiger partial charge in [-0.25, -0.2) is 0 Å². The molecule has 0 saturated heterocycles. The standard InChI is InChI=1S/C11H14N2O2.ClH/c1-14-10-4-3-9(7-11(10)15-2)8-13-6-5-12;/h3-4,7,13H,6,8H2,1-2H3;1H. The van der Waals surface area contributed by atoms with Crippen LogP contribution in [0.3, 0.4) is 0 Å². The first-order valence-electron chi connectivity index (χ1n) is 4.60. The van der Waals surface area contributed by atoms with Gasteiger partial charge in [0.15, 0.2) is 11.5 Å². The zero-order valence-corrected chi connectivity index (χ0v) is 10.1. The van der Waals surface area contributed by atoms with Crippen molar-refractivity contribution in [3.63, 3.8) is 0 Å². The lowest BCUT2D eigenvalue weighted by molar-refractivity contribution is 0.354. The Bertz CT molecular complexity index is 363. The third-order valence-electron chi connectivity index (χ3n) is 1.98. The first-order valence-corrected chi connectivity index (χ1v) is 4.60. The molecule has 0 spiro atoms. The number of nitrogens with zero attached hydrogens (tertiary/aromatic N) is 1. The van der Waals surface area contributed by atoms with Crippen LogP contribution < -0.4 is 14.8 Å². The monoisotopic (exact) mass is 242 g/mol. The van der Waals surface area contributed by atoms with Crippen LogP contribution in [-0.2, 0) is 6.54 Å². The van der Waals surface area contributed by atoms with E-state index in [1.807, 2.05) is 24.3 Å². The zero-order chi connectivity index (χ0) is 11.1. The largest absolute Gasteiger partial charge is 0.493 e. The number of nitrogens with one attached hydrogen (secondary N) is 1. The van der Waals surface area contributed by atoms with Gasteiger partial charge in [0.05, 0.1) is 26.8 Å². The summed E-state index contributed by atoms with van der Waals surface area (Å²) in [5, 5.41) is 11.4. The maximum Gasteiger partial charge on any atom is 0.161 e. The number of methoxy groups -OCH3 is 2. The highest BCUT2D eigenvalue weighted by Crippen LogP contribution is 2.27. The minimum atomic E-state index is 0. The van der Waals surface area contributed by atoms with E-state index in [0.29, 0.717) is 24.6 Å². The summed E-state index contributed by atoms with van der Waals surface area (Å²) >= 11 is 0. The Balaban J connectivity index is 0.00000225. The van der Waals surface area contributed by atoms with Gasteiger partial charge in [-0.1, -0.05) is 6.07 Å². The van der Waals surface area contributed by atoms with Gasteiger partial charge in [0, 0.05) is 6.54 Å². The second-order valence-corrected chi connectivity index (χ2v) is 2.95. The SMILES string of the molecule is COc1ccc(CNCC#N)cc1OC.Cl. The highest BCUT2D eigenvalue weighted by molar-refractivity contribution is 5.85. The number of hydrogen-bond acceptors (Lipinski definition) is 4. The van der Waals surface area contributed by atoms with Crippen LogP contribution in [0, 0.1) is 11.3 Å². The van der Waals surface area contributed by atoms with Crippen LogP contribution in [-0.4, -0.2) is 20.8 Å². The Morgan fingerprint density at radius 1 is 1.25 bits per heavy atom. The van der Waals surface area contributed by atoms with E-state index >= 15 is 0 Å². The minimum absolute atomic E-state index is 0. The Hall–Kier alpha value is -1.44. The Kier molecular flexibility index (Phi) is 7.10. The number of benzene rings is 1. The summed E-state index contributed by atoms with van der Waals surface area (Å²) < 4.78 is 10.3. The van der Waals surface area contributed by atoms with Gasteiger partial charge < -0.3 is 14.8 Å². The van der Waals surface area contributed by atoms with E-state index in [-0.39, 0.29) is 12.4 Å². The number of hydrogen-bond donors (Lipinski definition) is 1. The predicted octanol–water partition coefficient (Wildman–Crippen LogP) is 1.74. The smallest absolute Gasteiger partial charge is 0.161 e. The van der Waals surface area contributed by atoms with Crippen molar-refractivity contribution in [1.29, 1.82) is 5.26 Å². The topological polar surface area (TPSA) is 54.3 Å². The lowest BCUT2D eigenvalue weighted by atomic mass is 10.2. The molecular weight excluding hydrogens is 228 g/mol. The van der Waals surface area contributed by atoms with E-state index in [4.69, 9.17) is 14.7 Å². The van der Waals surface area contributed by atoms with Crippen LogP contribution in [0.5, 0.6) is 11.5 Å². The van der Waals surface area contributed by atoms with Gasteiger partial charge in [-0.15, -0.1) is 12.4 Å². The van der Waals surface area contributed by atoms with Crippen molar-refractivity contribution < 1.29 is 9.47 Å². The van der Waals surface area contributed by atoms with Crippen molar-refractivity contribution in [2.24, 2.45) is 0 Å². The summed E-state index contributed by atoms with van der Waals surface area (Å²) in [4.78, 5) is 0. The van der Waals surface area contributed by atoms with Crippen molar-refractivity contribution in [2.45, 2.75) is 6.54 Å². The number of nitriles is 1. The number of rotatable bonds is 5. The molecule has 0 atom stereocenters. The molecular formula is C11H15ClN2O2. The molecule has 0 aliphatic rings. The first-order chi connectivity index (χ1) is 7.31. The second-order valence-electron chi connectivity index (χ2n) is 2.95. The average molecular weight is 243 g/mol. The maximum atomic E-state index is 8.37. The van der Waals surface area contributed by atoms with Gasteiger partial charge in [-0.3, -0.25) is 0 Å². The number of halogens is 1. The molecule has 0 aliphatic carbocycles. The van der Waals surface area contributed by atoms with E-state index in [0.717, 1.165) is 5.56 Å². The van der Waals surface area contributed by atoms with Crippen LogP contribution >= 0.6 is 12.4 Å². The van der Waals surface area contributed by atoms with Crippen molar-refractivity contribution in [3.8, 4) is 17.6 Å². The van der Waals surface area contributed by atoms with Crippen LogP contribution in [0.25, 0.3) is 0 Å². The van der Waals surface area contributed by atoms with Crippen molar-refractivity contribution in [1.82, 2.24) is 5.32 Å². The highest BCUT2D eigenvalue weighted by atomic mass is 35.5. The summed E-state index contributed by atoms with van der Waals surface area (Å²) in [6, 6.07) is 7.70. The van der Waals surface area contributed by atoms with Gasteiger partial charge in [0.2, 0.25) is 0 Å². The lowest BCUT2D eigenvalue weighted by Crippen LogP contribution is -2.12. The third-order valence-corrected chi connectivity index (χ3v) is 1.98. The molecule has 1 N–H and O–H groups in total. The molecule has 1 aromatic carbocycles. The molecule has 0 aliphatic heterocycles. The molecule has 88 valence electrons. The fourth-order valence-corrected chi connectivity index (χ4v) is 1.25. The van der Waals surface area contributed by atoms with Crippen molar-refractivity contribution in [3.05, 3.63) is 23.8 Å². The summed E-state index contributed by atoms with van der Waals surface area (Å²) in [5.74, 6) is 1.41. The van der Waals surface area contributed by atoms with Gasteiger partial charge in [-0.05, 0) is 17.7 Å². The molecule has 0 fully saturated rings. The van der Waals surface area contributed by atoms with Gasteiger partial charge in [0.1, 0.15) is 0 Å². The molecule has 0 bridgehead atoms. The molecule has 0 aromatic heterocycles. The van der Waals surface area contributed by atoms with E-state index in [2.05, 4.69) is 5.32 Å². The maximum absolute atomic E-state index is 8.37. The van der Waals surface area contributed by atoms with E-state index in [1.165, 1.54) is 0 Å². The molecule has 5 heteroatoms. The second kappa shape index (κ2) is 7.80. The molecule has 0 amide bonds. The van der Waals surface area contributed by atoms with Crippen molar-refractivity contribution in [2.75, 3.05) is 20.8 Å². The molecule has 1 aromatic rings. The van der Waals surface area contributed by atoms with Crippen molar-refractivity contribution >= 4 is 12.4 Å². The first kappa shape index (κ1) is 14.6. The molecule has 0 heterocycles. The summed E-state index contributed by atoms with van der Waals surface area (Å²) in [5.41, 5.74) is 1.06. The predicted molar refractivity (Wildman–Crippen MR) is 64.1 cm³/mol. The average Bonchev–Trinajstić information content (AvgIpc) is 2.29. The third kappa shape index (κ3) is 3.97. The molecule has 0 saturated carbocycles. The minimum Gasteiger partial charge on any atom is -0.493 e. The molecule has 16 heavy (non-hydrogen) atoms. The summed E-state index contributed by atoms with van der Waals surface area (Å²) in [6.45, 7) is 0.988. The fourth-order valence-electron chi connectivity index (χ4n) is 1.25. The molecule has 0 unspecified atom stereocenters. The van der Waals surface area contributed by atoms with Gasteiger partial charge in [-0.2, -0.15) is 5.26 Å². The normalized spacial score (nSPS) is 8.81. The fraction of sp³-hybridized carbons (Fsp3) is 0.364. The zero-order valence-electron chi connectivity index (χ0n) is 9.32. The number of ether oxygens (including phenoxy) is 2. The lowest BCUT2D eigenvalue weighted by Gasteiger charge is -2.09. The summed E-state index contributed by atoms with van der Waals surface area (Å²) in [6.07, 6.45) is 0. The Morgan fingerprint density at radius 2 is 1.94 bits per heavy atom. The van der Waals surface area contributed by atoms with Gasteiger partial charge in [0.25, 0.3) is 0 Å². The van der Waals surface area contributed by atoms with Gasteiger partial charge >= 0.3 is 0 Å². The van der Waals surface area contributed by atoms with Crippen LogP contribution in [0.2, 0.25) is 0 Å². The Morgan fingerprint density at radius 3 is 2.50 bits per heavy atom. The van der Waals surface area contributed by atoms with E-state index in [9.17, 15) is 0 Å². The molecule has 0 radical (unpaired) electrons. The quantitative estimate of drug-likeness (QED) is 0.631. The van der Waals surface area contributed by atoms with E-state index < -0.39 is 0 Å².